The molecule has 0 amide bonds. The zero-order valence-corrected chi connectivity index (χ0v) is 62.4. The predicted molar refractivity (Wildman–Crippen MR) is 407 cm³/mol. The molecule has 1 aliphatic heterocycles. The summed E-state index contributed by atoms with van der Waals surface area (Å²) in [5, 5.41) is 25.4. The Hall–Kier alpha value is -9.69. The summed E-state index contributed by atoms with van der Waals surface area (Å²) in [5.74, 6) is 1.91. The van der Waals surface area contributed by atoms with Crippen molar-refractivity contribution in [3.05, 3.63) is 310 Å². The van der Waals surface area contributed by atoms with Gasteiger partial charge in [-0.15, -0.1) is 11.3 Å². The van der Waals surface area contributed by atoms with Crippen molar-refractivity contribution in [3.63, 3.8) is 0 Å². The van der Waals surface area contributed by atoms with Gasteiger partial charge in [-0.25, -0.2) is 19.9 Å². The number of aromatic nitrogens is 15. The summed E-state index contributed by atoms with van der Waals surface area (Å²) < 4.78 is 5.78. The summed E-state index contributed by atoms with van der Waals surface area (Å²) in [4.78, 5) is 41.5. The summed E-state index contributed by atoms with van der Waals surface area (Å²) in [7, 11) is 4.97. The number of methoxy groups -OCH3 is 1. The number of nitrogens with one attached hydrogen (secondary N) is 3. The van der Waals surface area contributed by atoms with Gasteiger partial charge >= 0.3 is 0 Å². The van der Waals surface area contributed by atoms with Gasteiger partial charge in [0.25, 0.3) is 0 Å². The van der Waals surface area contributed by atoms with E-state index in [2.05, 4.69) is 133 Å². The van der Waals surface area contributed by atoms with Gasteiger partial charge in [-0.2, -0.15) is 20.4 Å². The number of unbranched alkanes of at least 4 members (excludes halogenated alkanes) is 1. The minimum Gasteiger partial charge on any atom is -0.388 e. The number of aromatic amines is 2. The molecule has 0 unspecified atom stereocenters. The van der Waals surface area contributed by atoms with Gasteiger partial charge in [-0.05, 0) is 191 Å². The highest BCUT2D eigenvalue weighted by Crippen LogP contribution is 2.26. The normalized spacial score (nSPS) is 10.3. The molecule has 0 radical (unpaired) electrons. The van der Waals surface area contributed by atoms with Crippen LogP contribution in [0, 0.1) is 75.2 Å². The molecule has 11 heterocycles. The molecule has 97 heavy (non-hydrogen) atoms. The summed E-state index contributed by atoms with van der Waals surface area (Å²) in [6, 6.07) is 34.7. The highest BCUT2D eigenvalue weighted by molar-refractivity contribution is 7.07. The fourth-order valence-electron chi connectivity index (χ4n) is 5.30. The molecule has 10 aromatic heterocycles. The Balaban J connectivity index is -0.000000976. The van der Waals surface area contributed by atoms with Crippen LogP contribution in [0.25, 0.3) is 0 Å². The molecule has 19 heteroatoms. The van der Waals surface area contributed by atoms with E-state index in [4.69, 9.17) is 0 Å². The third kappa shape index (κ3) is 73.6. The smallest absolute Gasteiger partial charge is 0.250 e. The maximum atomic E-state index is 10.6. The molecule has 11 aromatic rings. The van der Waals surface area contributed by atoms with Crippen LogP contribution >= 0.6 is 11.3 Å². The number of allylic oxidation sites excluding steroid dienone is 2. The lowest BCUT2D eigenvalue weighted by atomic mass is 10.1. The number of benzene rings is 1. The summed E-state index contributed by atoms with van der Waals surface area (Å²) in [6.07, 6.45) is 41.2. The Bertz CT molecular complexity index is 2930. The molecule has 0 atom stereocenters. The first-order valence-electron chi connectivity index (χ1n) is 32.3. The second-order valence-electron chi connectivity index (χ2n) is 21.4. The van der Waals surface area contributed by atoms with Gasteiger partial charge in [-0.3, -0.25) is 34.9 Å². The Morgan fingerprint density at radius 2 is 1.06 bits per heavy atom. The van der Waals surface area contributed by atoms with Crippen LogP contribution in [-0.4, -0.2) is 102 Å². The van der Waals surface area contributed by atoms with Crippen molar-refractivity contribution < 1.29 is 4.74 Å². The van der Waals surface area contributed by atoms with Crippen LogP contribution in [0.2, 0.25) is 0 Å². The average Bonchev–Trinajstić information content (AvgIpc) is 3.27. The van der Waals surface area contributed by atoms with E-state index in [1.165, 1.54) is 89.0 Å². The van der Waals surface area contributed by atoms with Crippen molar-refractivity contribution in [2.75, 3.05) is 27.3 Å². The maximum Gasteiger partial charge on any atom is 0.250 e. The lowest BCUT2D eigenvalue weighted by molar-refractivity contribution is 0.277. The van der Waals surface area contributed by atoms with Gasteiger partial charge in [0.15, 0.2) is 0 Å². The molecular weight excluding hydrogens is 1230 g/mol. The molecule has 0 bridgehead atoms. The van der Waals surface area contributed by atoms with E-state index in [1.54, 1.807) is 119 Å². The van der Waals surface area contributed by atoms with E-state index in [1.807, 2.05) is 197 Å². The minimum absolute atomic E-state index is 0.0347. The number of ether oxygens (including phenoxy) is 1. The first-order valence-corrected chi connectivity index (χ1v) is 33.3. The largest absolute Gasteiger partial charge is 0.388 e. The van der Waals surface area contributed by atoms with Crippen molar-refractivity contribution in [1.29, 1.82) is 0 Å². The molecule has 1 aliphatic carbocycles. The minimum atomic E-state index is 0.0347. The maximum absolute atomic E-state index is 10.6. The van der Waals surface area contributed by atoms with E-state index in [0.717, 1.165) is 40.9 Å². The van der Waals surface area contributed by atoms with Crippen LogP contribution in [0.3, 0.4) is 0 Å². The second-order valence-corrected chi connectivity index (χ2v) is 22.1. The van der Waals surface area contributed by atoms with Crippen molar-refractivity contribution in [3.8, 4) is 0 Å². The summed E-state index contributed by atoms with van der Waals surface area (Å²) in [5.41, 5.74) is 13.8. The quantitative estimate of drug-likeness (QED) is 0.130. The molecule has 1 aromatic carbocycles. The first-order chi connectivity index (χ1) is 46.8. The average molecular weight is 1340 g/mol. The van der Waals surface area contributed by atoms with Crippen LogP contribution in [-0.2, 0) is 11.8 Å². The number of H-pyrrole nitrogens is 2. The highest BCUT2D eigenvalue weighted by Gasteiger charge is 2.12. The van der Waals surface area contributed by atoms with Crippen molar-refractivity contribution in [2.45, 2.75) is 143 Å². The van der Waals surface area contributed by atoms with E-state index in [0.29, 0.717) is 0 Å². The molecule has 18 nitrogen and oxygen atoms in total. The number of aryl methyl sites for hydroxylation is 11. The molecule has 1 fully saturated rings. The van der Waals surface area contributed by atoms with Crippen LogP contribution in [0.1, 0.15) is 130 Å². The van der Waals surface area contributed by atoms with E-state index in [-0.39, 0.29) is 5.56 Å². The fraction of sp³-hybridized carbons (Fsp3) is 0.346. The molecule has 524 valence electrons. The van der Waals surface area contributed by atoms with E-state index >= 15 is 0 Å². The van der Waals surface area contributed by atoms with Gasteiger partial charge in [0.05, 0.1) is 23.6 Å². The summed E-state index contributed by atoms with van der Waals surface area (Å²) >= 11 is 1.63. The van der Waals surface area contributed by atoms with Gasteiger partial charge < -0.3 is 14.6 Å². The van der Waals surface area contributed by atoms with Gasteiger partial charge in [0, 0.05) is 131 Å². The zero-order valence-electron chi connectivity index (χ0n) is 61.6. The summed E-state index contributed by atoms with van der Waals surface area (Å²) in [6.45, 7) is 34.9. The standard InChI is InChI=1S/C7H8.C6H7NO.C6H11N.3C6H7N.3C5H6N2.2C4H6N2.C4H5NS.C4H8.C4H10.C4H8.C2H6O/c1-7-5-3-2-4-6-7;1-7-5-3-2-4-6(7)8;2*1-6-2-4-7-5-3-6;1-6-3-2-4-7-5-6;1-6-4-2-3-5-7-6;1-5-2-6-4-7-3-5;1-5-6-3-2-4-7-5;1-5-3-2-4-6-7-5;2*1-4-2-5-6-3-4;1-4-2-6-3-5-4;1-4-2-3-4;2*1-3-4-2;1-3-2/h2-6H,1H3;2-5H,1H3;2,7H,3-5H2,1H3;3*2-5H,1H3;3*2-4H,1H3;2*2-3H,1H3,(H,5,6);2-3H,1H3;4H,2-3H2,1H3;3-4H2,1-2H3;3-4H,1-2H3;1-2H3/b;;;;;;;;;;;;;;4-3+;. The monoisotopic (exact) mass is 1340 g/mol. The van der Waals surface area contributed by atoms with Crippen LogP contribution < -0.4 is 10.9 Å². The predicted octanol–water partition coefficient (Wildman–Crippen LogP) is 17.8. The van der Waals surface area contributed by atoms with Crippen molar-refractivity contribution >= 4 is 11.3 Å². The van der Waals surface area contributed by atoms with Gasteiger partial charge in [0.1, 0.15) is 12.2 Å². The Labute approximate surface area is 586 Å². The van der Waals surface area contributed by atoms with Crippen molar-refractivity contribution in [2.24, 2.45) is 13.0 Å². The molecule has 3 N–H and O–H groups in total. The number of rotatable bonds is 1. The van der Waals surface area contributed by atoms with Crippen LogP contribution in [0.4, 0.5) is 0 Å². The SMILES string of the molecule is C/C=C/C.CC1=CCNCC1.CC1CC1.CCCC.COC.Cc1ccccc1.Cc1ccccn1.Cc1cccnc1.Cc1cccnn1.Cc1ccncc1.Cc1cn[nH]c1.Cc1cn[nH]c1.Cc1cncnc1.Cc1cscn1.Cc1ncccn1.Cn1ccccc1=O. The van der Waals surface area contributed by atoms with Crippen molar-refractivity contribution in [1.82, 2.24) is 80.3 Å². The third-order valence-corrected chi connectivity index (χ3v) is 12.0. The number of thiazole rings is 1. The molecule has 1 saturated carbocycles. The molecule has 2 aliphatic rings. The fourth-order valence-corrected chi connectivity index (χ4v) is 5.84. The van der Waals surface area contributed by atoms with E-state index in [9.17, 15) is 4.79 Å². The number of pyridine rings is 4. The number of hydrogen-bond donors (Lipinski definition) is 3. The van der Waals surface area contributed by atoms with Crippen LogP contribution in [0.5, 0.6) is 0 Å². The number of nitrogens with zero attached hydrogens (tertiary/aromatic N) is 13. The first kappa shape index (κ1) is 91.5. The van der Waals surface area contributed by atoms with E-state index < -0.39 is 0 Å². The third-order valence-electron chi connectivity index (χ3n) is 11.3. The van der Waals surface area contributed by atoms with Crippen LogP contribution in [0.15, 0.2) is 248 Å². The van der Waals surface area contributed by atoms with Gasteiger partial charge in [0.2, 0.25) is 5.56 Å². The highest BCUT2D eigenvalue weighted by atomic mass is 32.1. The zero-order chi connectivity index (χ0) is 72.6. The molecule has 0 spiro atoms. The molecule has 13 rings (SSSR count). The van der Waals surface area contributed by atoms with Gasteiger partial charge in [-0.1, -0.05) is 124 Å². The Morgan fingerprint density at radius 1 is 0.536 bits per heavy atom. The lowest BCUT2D eigenvalue weighted by Crippen LogP contribution is -2.19. The topological polar surface area (TPSA) is 230 Å². The molecule has 0 saturated heterocycles. The molecular formula is C78H114N16O2S. The lowest BCUT2D eigenvalue weighted by Gasteiger charge is -2.08. The Kier molecular flexibility index (Phi) is 65.2. The Morgan fingerprint density at radius 3 is 1.28 bits per heavy atom. The number of hydrogen-bond acceptors (Lipinski definition) is 16. The second kappa shape index (κ2) is 69.1.